The van der Waals surface area contributed by atoms with Gasteiger partial charge in [0.1, 0.15) is 18.0 Å². The van der Waals surface area contributed by atoms with E-state index in [1.165, 1.54) is 11.5 Å². The quantitative estimate of drug-likeness (QED) is 0.402. The lowest BCUT2D eigenvalue weighted by Crippen LogP contribution is -2.17. The van der Waals surface area contributed by atoms with Crippen molar-refractivity contribution in [1.29, 1.82) is 0 Å². The highest BCUT2D eigenvalue weighted by Crippen LogP contribution is 2.10. The van der Waals surface area contributed by atoms with Crippen molar-refractivity contribution in [3.8, 4) is 0 Å². The number of Topliss-reactive ketones (excluding diaryl/α,β-unsaturated/α-hetero) is 2. The van der Waals surface area contributed by atoms with Gasteiger partial charge in [0.15, 0.2) is 6.29 Å². The Morgan fingerprint density at radius 1 is 1.30 bits per heavy atom. The number of aromatic nitrogens is 1. The van der Waals surface area contributed by atoms with Crippen LogP contribution in [0.2, 0.25) is 0 Å². The first kappa shape index (κ1) is 15.8. The van der Waals surface area contributed by atoms with Crippen LogP contribution in [0.3, 0.4) is 0 Å². The molecule has 0 atom stereocenters. The maximum absolute atomic E-state index is 11.7. The van der Waals surface area contributed by atoms with Crippen molar-refractivity contribution in [2.24, 2.45) is 0 Å². The van der Waals surface area contributed by atoms with Gasteiger partial charge in [-0.3, -0.25) is 19.2 Å². The average Bonchev–Trinajstić information content (AvgIpc) is 2.71. The second-order valence-electron chi connectivity index (χ2n) is 4.35. The van der Waals surface area contributed by atoms with E-state index in [0.29, 0.717) is 17.7 Å². The van der Waals surface area contributed by atoms with Crippen LogP contribution in [0.1, 0.15) is 36.5 Å². The first-order valence-corrected chi connectivity index (χ1v) is 6.28. The Labute approximate surface area is 116 Å². The summed E-state index contributed by atoms with van der Waals surface area (Å²) >= 11 is 0. The standard InChI is InChI=1S/C14H17NO5/c1-3-20-14(19)7-13(18)6-11-4-5-12(9-16)15(11)8-10(2)17/h4-5,9H,3,6-8H2,1-2H3. The Balaban J connectivity index is 2.79. The minimum absolute atomic E-state index is 0.0140. The lowest BCUT2D eigenvalue weighted by Gasteiger charge is -2.08. The van der Waals surface area contributed by atoms with Gasteiger partial charge in [0.2, 0.25) is 0 Å². The van der Waals surface area contributed by atoms with Crippen molar-refractivity contribution >= 4 is 23.8 Å². The summed E-state index contributed by atoms with van der Waals surface area (Å²) in [6, 6.07) is 3.15. The fourth-order valence-electron chi connectivity index (χ4n) is 1.84. The van der Waals surface area contributed by atoms with Gasteiger partial charge in [-0.2, -0.15) is 0 Å². The molecule has 1 aromatic rings. The summed E-state index contributed by atoms with van der Waals surface area (Å²) < 4.78 is 6.18. The predicted molar refractivity (Wildman–Crippen MR) is 70.5 cm³/mol. The highest BCUT2D eigenvalue weighted by atomic mass is 16.5. The fourth-order valence-corrected chi connectivity index (χ4v) is 1.84. The van der Waals surface area contributed by atoms with Gasteiger partial charge in [0.05, 0.1) is 18.8 Å². The number of carbonyl (C=O) groups is 4. The van der Waals surface area contributed by atoms with Crippen LogP contribution in [0.15, 0.2) is 12.1 Å². The number of nitrogens with zero attached hydrogens (tertiary/aromatic N) is 1. The van der Waals surface area contributed by atoms with E-state index in [9.17, 15) is 19.2 Å². The third-order valence-corrected chi connectivity index (χ3v) is 2.63. The van der Waals surface area contributed by atoms with Crippen molar-refractivity contribution in [3.05, 3.63) is 23.5 Å². The molecular formula is C14H17NO5. The summed E-state index contributed by atoms with van der Waals surface area (Å²) in [7, 11) is 0. The van der Waals surface area contributed by atoms with Gasteiger partial charge in [-0.15, -0.1) is 0 Å². The fraction of sp³-hybridized carbons (Fsp3) is 0.429. The highest BCUT2D eigenvalue weighted by molar-refractivity contribution is 5.96. The lowest BCUT2D eigenvalue weighted by molar-refractivity contribution is -0.145. The van der Waals surface area contributed by atoms with E-state index in [1.807, 2.05) is 0 Å². The molecule has 0 bridgehead atoms. The van der Waals surface area contributed by atoms with Crippen molar-refractivity contribution in [2.75, 3.05) is 6.61 Å². The Kier molecular flexibility index (Phi) is 5.83. The molecule has 6 nitrogen and oxygen atoms in total. The van der Waals surface area contributed by atoms with Gasteiger partial charge in [-0.1, -0.05) is 0 Å². The Morgan fingerprint density at radius 2 is 2.00 bits per heavy atom. The van der Waals surface area contributed by atoms with Crippen LogP contribution < -0.4 is 0 Å². The third kappa shape index (κ3) is 4.46. The second kappa shape index (κ2) is 7.37. The first-order chi connectivity index (χ1) is 9.47. The molecule has 1 heterocycles. The number of esters is 1. The van der Waals surface area contributed by atoms with E-state index in [-0.39, 0.29) is 37.6 Å². The minimum Gasteiger partial charge on any atom is -0.466 e. The number of rotatable bonds is 8. The molecule has 0 aliphatic rings. The van der Waals surface area contributed by atoms with Crippen LogP contribution >= 0.6 is 0 Å². The summed E-state index contributed by atoms with van der Waals surface area (Å²) in [5, 5.41) is 0. The molecule has 0 unspecified atom stereocenters. The maximum Gasteiger partial charge on any atom is 0.313 e. The van der Waals surface area contributed by atoms with Gasteiger partial charge in [-0.25, -0.2) is 0 Å². The molecule has 0 radical (unpaired) electrons. The SMILES string of the molecule is CCOC(=O)CC(=O)Cc1ccc(C=O)n1CC(C)=O. The van der Waals surface area contributed by atoms with E-state index in [2.05, 4.69) is 0 Å². The zero-order chi connectivity index (χ0) is 15.1. The number of aldehydes is 1. The molecule has 0 saturated heterocycles. The number of ketones is 2. The molecule has 0 amide bonds. The molecule has 0 spiro atoms. The van der Waals surface area contributed by atoms with Crippen molar-refractivity contribution in [2.45, 2.75) is 33.2 Å². The Hall–Kier alpha value is -2.24. The topological polar surface area (TPSA) is 82.4 Å². The van der Waals surface area contributed by atoms with Crippen LogP contribution in [-0.2, 0) is 32.1 Å². The molecule has 0 N–H and O–H groups in total. The number of hydrogen-bond acceptors (Lipinski definition) is 5. The maximum atomic E-state index is 11.7. The molecule has 0 fully saturated rings. The molecule has 108 valence electrons. The molecule has 1 aromatic heterocycles. The van der Waals surface area contributed by atoms with Crippen molar-refractivity contribution in [1.82, 2.24) is 4.57 Å². The van der Waals surface area contributed by atoms with Gasteiger partial charge < -0.3 is 9.30 Å². The molecule has 6 heteroatoms. The Morgan fingerprint density at radius 3 is 2.55 bits per heavy atom. The monoisotopic (exact) mass is 279 g/mol. The Bertz CT molecular complexity index is 530. The van der Waals surface area contributed by atoms with Crippen LogP contribution in [0.5, 0.6) is 0 Å². The van der Waals surface area contributed by atoms with Crippen molar-refractivity contribution in [3.63, 3.8) is 0 Å². The van der Waals surface area contributed by atoms with E-state index in [4.69, 9.17) is 4.74 Å². The zero-order valence-corrected chi connectivity index (χ0v) is 11.5. The molecule has 0 aromatic carbocycles. The van der Waals surface area contributed by atoms with Gasteiger partial charge in [-0.05, 0) is 26.0 Å². The van der Waals surface area contributed by atoms with E-state index in [1.54, 1.807) is 19.1 Å². The van der Waals surface area contributed by atoms with Crippen LogP contribution in [-0.4, -0.2) is 35.0 Å². The number of carbonyl (C=O) groups excluding carboxylic acids is 4. The predicted octanol–water partition coefficient (Wildman–Crippen LogP) is 0.954. The van der Waals surface area contributed by atoms with E-state index >= 15 is 0 Å². The largest absolute Gasteiger partial charge is 0.466 e. The molecular weight excluding hydrogens is 262 g/mol. The number of ether oxygens (including phenoxy) is 1. The summed E-state index contributed by atoms with van der Waals surface area (Å²) in [6.07, 6.45) is 0.303. The average molecular weight is 279 g/mol. The molecule has 0 saturated carbocycles. The summed E-state index contributed by atoms with van der Waals surface area (Å²) in [5.41, 5.74) is 0.871. The number of hydrogen-bond donors (Lipinski definition) is 0. The van der Waals surface area contributed by atoms with Crippen LogP contribution in [0, 0.1) is 0 Å². The smallest absolute Gasteiger partial charge is 0.313 e. The lowest BCUT2D eigenvalue weighted by atomic mass is 10.1. The van der Waals surface area contributed by atoms with Gasteiger partial charge >= 0.3 is 5.97 Å². The van der Waals surface area contributed by atoms with Gasteiger partial charge in [0, 0.05) is 12.1 Å². The highest BCUT2D eigenvalue weighted by Gasteiger charge is 2.15. The summed E-state index contributed by atoms with van der Waals surface area (Å²) in [4.78, 5) is 45.0. The van der Waals surface area contributed by atoms with Crippen LogP contribution in [0.4, 0.5) is 0 Å². The normalized spacial score (nSPS) is 10.1. The molecule has 1 rings (SSSR count). The van der Waals surface area contributed by atoms with E-state index in [0.717, 1.165) is 0 Å². The van der Waals surface area contributed by atoms with Crippen LogP contribution in [0.25, 0.3) is 0 Å². The minimum atomic E-state index is -0.571. The van der Waals surface area contributed by atoms with E-state index < -0.39 is 5.97 Å². The molecule has 0 aliphatic heterocycles. The second-order valence-corrected chi connectivity index (χ2v) is 4.35. The van der Waals surface area contributed by atoms with Gasteiger partial charge in [0.25, 0.3) is 0 Å². The molecule has 20 heavy (non-hydrogen) atoms. The molecule has 0 aliphatic carbocycles. The first-order valence-electron chi connectivity index (χ1n) is 6.28. The summed E-state index contributed by atoms with van der Waals surface area (Å²) in [5.74, 6) is -1.01. The van der Waals surface area contributed by atoms with Crippen molar-refractivity contribution < 1.29 is 23.9 Å². The summed E-state index contributed by atoms with van der Waals surface area (Å²) in [6.45, 7) is 3.32. The zero-order valence-electron chi connectivity index (χ0n) is 11.5. The third-order valence-electron chi connectivity index (χ3n) is 2.63.